The molecule has 0 bridgehead atoms. The molecule has 0 spiro atoms. The summed E-state index contributed by atoms with van der Waals surface area (Å²) in [7, 11) is 0. The van der Waals surface area contributed by atoms with Gasteiger partial charge in [0.05, 0.1) is 12.6 Å². The van der Waals surface area contributed by atoms with Crippen LogP contribution in [0, 0.1) is 0 Å². The van der Waals surface area contributed by atoms with Crippen molar-refractivity contribution in [3.63, 3.8) is 0 Å². The molecule has 0 aromatic rings. The molecule has 0 aliphatic carbocycles. The van der Waals surface area contributed by atoms with Gasteiger partial charge in [0.25, 0.3) is 5.92 Å². The van der Waals surface area contributed by atoms with E-state index >= 15 is 0 Å². The van der Waals surface area contributed by atoms with E-state index in [1.54, 1.807) is 0 Å². The van der Waals surface area contributed by atoms with Gasteiger partial charge in [-0.05, 0) is 25.9 Å². The highest BCUT2D eigenvalue weighted by Crippen LogP contribution is 2.40. The lowest BCUT2D eigenvalue weighted by molar-refractivity contribution is -0.258. The number of alkyl halides is 5. The number of carbonyl (C=O) groups is 1. The molecule has 2 N–H and O–H groups in total. The lowest BCUT2D eigenvalue weighted by Gasteiger charge is -2.40. The molecule has 0 amide bonds. The second kappa shape index (κ2) is 6.14. The van der Waals surface area contributed by atoms with E-state index < -0.39 is 42.9 Å². The SMILES string of the molecule is CC(O)(OC(=O)C(F)(F)F)[C@H]1CC(F)(F)CN1C1CCNCC1. The first-order valence-corrected chi connectivity index (χ1v) is 7.29. The van der Waals surface area contributed by atoms with E-state index in [9.17, 15) is 31.9 Å². The van der Waals surface area contributed by atoms with Crippen LogP contribution in [0.5, 0.6) is 0 Å². The first-order chi connectivity index (χ1) is 10.4. The molecule has 2 aliphatic heterocycles. The second-order valence-corrected chi connectivity index (χ2v) is 6.17. The molecule has 1 unspecified atom stereocenters. The predicted molar refractivity (Wildman–Crippen MR) is 68.7 cm³/mol. The minimum absolute atomic E-state index is 0.314. The molecule has 134 valence electrons. The molecular weight excluding hydrogens is 327 g/mol. The number of aliphatic hydroxyl groups is 1. The zero-order valence-corrected chi connectivity index (χ0v) is 12.5. The molecule has 2 rings (SSSR count). The first-order valence-electron chi connectivity index (χ1n) is 7.29. The fourth-order valence-electron chi connectivity index (χ4n) is 3.17. The van der Waals surface area contributed by atoms with Crippen LogP contribution in [-0.4, -0.2) is 65.6 Å². The van der Waals surface area contributed by atoms with Crippen molar-refractivity contribution in [1.29, 1.82) is 0 Å². The number of esters is 1. The summed E-state index contributed by atoms with van der Waals surface area (Å²) in [4.78, 5) is 12.2. The molecule has 23 heavy (non-hydrogen) atoms. The maximum absolute atomic E-state index is 13.8. The van der Waals surface area contributed by atoms with Crippen LogP contribution in [0.4, 0.5) is 22.0 Å². The Bertz CT molecular complexity index is 449. The summed E-state index contributed by atoms with van der Waals surface area (Å²) in [5.74, 6) is -8.41. The van der Waals surface area contributed by atoms with Crippen molar-refractivity contribution < 1.29 is 36.6 Å². The minimum Gasteiger partial charge on any atom is -0.425 e. The van der Waals surface area contributed by atoms with Gasteiger partial charge in [0, 0.05) is 19.4 Å². The van der Waals surface area contributed by atoms with Crippen molar-refractivity contribution in [3.05, 3.63) is 0 Å². The van der Waals surface area contributed by atoms with E-state index in [-0.39, 0.29) is 6.04 Å². The number of carbonyl (C=O) groups excluding carboxylic acids is 1. The zero-order chi connectivity index (χ0) is 17.5. The second-order valence-electron chi connectivity index (χ2n) is 6.17. The van der Waals surface area contributed by atoms with Crippen LogP contribution in [0.1, 0.15) is 26.2 Å². The smallest absolute Gasteiger partial charge is 0.425 e. The molecule has 2 atom stereocenters. The Hall–Kier alpha value is -1.00. The van der Waals surface area contributed by atoms with Crippen LogP contribution in [-0.2, 0) is 9.53 Å². The lowest BCUT2D eigenvalue weighted by Crippen LogP contribution is -2.56. The number of rotatable bonds is 3. The molecule has 0 saturated carbocycles. The maximum atomic E-state index is 13.8. The van der Waals surface area contributed by atoms with Gasteiger partial charge in [-0.15, -0.1) is 0 Å². The third-order valence-corrected chi connectivity index (χ3v) is 4.23. The number of piperidine rings is 1. The number of hydrogen-bond acceptors (Lipinski definition) is 5. The van der Waals surface area contributed by atoms with E-state index in [2.05, 4.69) is 10.1 Å². The third-order valence-electron chi connectivity index (χ3n) is 4.23. The van der Waals surface area contributed by atoms with Gasteiger partial charge in [0.15, 0.2) is 0 Å². The van der Waals surface area contributed by atoms with Crippen molar-refractivity contribution in [2.45, 2.75) is 56.2 Å². The summed E-state index contributed by atoms with van der Waals surface area (Å²) in [5.41, 5.74) is 0. The Morgan fingerprint density at radius 1 is 1.30 bits per heavy atom. The van der Waals surface area contributed by atoms with Crippen molar-refractivity contribution in [3.8, 4) is 0 Å². The van der Waals surface area contributed by atoms with Gasteiger partial charge in [0.1, 0.15) is 0 Å². The predicted octanol–water partition coefficient (Wildman–Crippen LogP) is 1.26. The monoisotopic (exact) mass is 346 g/mol. The molecule has 0 aromatic heterocycles. The summed E-state index contributed by atoms with van der Waals surface area (Å²) in [6, 6.07) is -1.71. The van der Waals surface area contributed by atoms with Crippen LogP contribution >= 0.6 is 0 Å². The highest BCUT2D eigenvalue weighted by Gasteiger charge is 2.56. The van der Waals surface area contributed by atoms with Gasteiger partial charge in [-0.25, -0.2) is 13.6 Å². The molecule has 2 saturated heterocycles. The number of hydrogen-bond donors (Lipinski definition) is 2. The zero-order valence-electron chi connectivity index (χ0n) is 12.5. The van der Waals surface area contributed by atoms with E-state index in [0.717, 1.165) is 6.92 Å². The number of ether oxygens (including phenoxy) is 1. The Morgan fingerprint density at radius 3 is 2.39 bits per heavy atom. The van der Waals surface area contributed by atoms with E-state index in [0.29, 0.717) is 25.9 Å². The van der Waals surface area contributed by atoms with Crippen LogP contribution < -0.4 is 5.32 Å². The van der Waals surface area contributed by atoms with E-state index in [4.69, 9.17) is 0 Å². The third kappa shape index (κ3) is 4.30. The highest BCUT2D eigenvalue weighted by atomic mass is 19.4. The molecule has 10 heteroatoms. The first kappa shape index (κ1) is 18.3. The Morgan fingerprint density at radius 2 is 1.87 bits per heavy atom. The number of nitrogens with one attached hydrogen (secondary N) is 1. The molecule has 0 radical (unpaired) electrons. The number of nitrogens with zero attached hydrogens (tertiary/aromatic N) is 1. The fourth-order valence-corrected chi connectivity index (χ4v) is 3.17. The van der Waals surface area contributed by atoms with Gasteiger partial charge in [-0.3, -0.25) is 4.90 Å². The topological polar surface area (TPSA) is 61.8 Å². The molecule has 5 nitrogen and oxygen atoms in total. The normalized spacial score (nSPS) is 29.3. The number of halogens is 5. The summed E-state index contributed by atoms with van der Waals surface area (Å²) in [6.07, 6.45) is -5.12. The lowest BCUT2D eigenvalue weighted by atomic mass is 10.00. The summed E-state index contributed by atoms with van der Waals surface area (Å²) >= 11 is 0. The Kier molecular flexibility index (Phi) is 4.89. The van der Waals surface area contributed by atoms with Gasteiger partial charge in [-0.2, -0.15) is 13.2 Å². The van der Waals surface area contributed by atoms with Crippen molar-refractivity contribution in [2.75, 3.05) is 19.6 Å². The Labute approximate surface area is 129 Å². The average molecular weight is 346 g/mol. The van der Waals surface area contributed by atoms with Gasteiger partial charge < -0.3 is 15.2 Å². The Balaban J connectivity index is 2.17. The average Bonchev–Trinajstić information content (AvgIpc) is 2.75. The van der Waals surface area contributed by atoms with Crippen molar-refractivity contribution in [2.24, 2.45) is 0 Å². The molecule has 2 aliphatic rings. The molecular formula is C13H19F5N2O3. The summed E-state index contributed by atoms with van der Waals surface area (Å²) in [5, 5.41) is 13.2. The quantitative estimate of drug-likeness (QED) is 0.458. The standard InChI is InChI=1S/C13H19F5N2O3/c1-11(22,23-10(21)13(16,17)18)9-6-12(14,15)7-20(9)8-2-4-19-5-3-8/h8-9,19,22H,2-7H2,1H3/t9-,11?/m1/s1. The summed E-state index contributed by atoms with van der Waals surface area (Å²) in [6.45, 7) is 1.31. The van der Waals surface area contributed by atoms with E-state index in [1.807, 2.05) is 0 Å². The van der Waals surface area contributed by atoms with Crippen molar-refractivity contribution >= 4 is 5.97 Å². The molecule has 0 aromatic carbocycles. The van der Waals surface area contributed by atoms with Crippen LogP contribution in [0.2, 0.25) is 0 Å². The summed E-state index contributed by atoms with van der Waals surface area (Å²) < 4.78 is 68.6. The largest absolute Gasteiger partial charge is 0.491 e. The van der Waals surface area contributed by atoms with Gasteiger partial charge in [0.2, 0.25) is 5.79 Å². The van der Waals surface area contributed by atoms with Crippen molar-refractivity contribution in [1.82, 2.24) is 10.2 Å². The highest BCUT2D eigenvalue weighted by molar-refractivity contribution is 5.76. The molecule has 2 fully saturated rings. The van der Waals surface area contributed by atoms with Gasteiger partial charge >= 0.3 is 12.1 Å². The fraction of sp³-hybridized carbons (Fsp3) is 0.923. The van der Waals surface area contributed by atoms with E-state index in [1.165, 1.54) is 4.90 Å². The maximum Gasteiger partial charge on any atom is 0.491 e. The minimum atomic E-state index is -5.30. The van der Waals surface area contributed by atoms with Crippen LogP contribution in [0.3, 0.4) is 0 Å². The number of likely N-dealkylation sites (tertiary alicyclic amines) is 1. The van der Waals surface area contributed by atoms with Crippen LogP contribution in [0.15, 0.2) is 0 Å². The molecule has 2 heterocycles. The van der Waals surface area contributed by atoms with Crippen LogP contribution in [0.25, 0.3) is 0 Å². The van der Waals surface area contributed by atoms with Gasteiger partial charge in [-0.1, -0.05) is 0 Å².